The van der Waals surface area contributed by atoms with Crippen LogP contribution in [0.15, 0.2) is 28.3 Å². The first-order valence-corrected chi connectivity index (χ1v) is 7.27. The fraction of sp³-hybridized carbons (Fsp3) is 0.462. The van der Waals surface area contributed by atoms with Crippen LogP contribution in [0, 0.1) is 11.7 Å². The Bertz CT molecular complexity index is 570. The highest BCUT2D eigenvalue weighted by molar-refractivity contribution is 7.99. The van der Waals surface area contributed by atoms with Gasteiger partial charge in [-0.25, -0.2) is 9.07 Å². The molecule has 0 spiro atoms. The molecular formula is C13H18FN5S. The van der Waals surface area contributed by atoms with Gasteiger partial charge in [0.2, 0.25) is 5.16 Å². The fourth-order valence-electron chi connectivity index (χ4n) is 1.65. The predicted octanol–water partition coefficient (Wildman–Crippen LogP) is 2.25. The van der Waals surface area contributed by atoms with Crippen LogP contribution in [-0.4, -0.2) is 26.8 Å². The second kappa shape index (κ2) is 6.81. The zero-order valence-corrected chi connectivity index (χ0v) is 12.6. The molecule has 1 aromatic heterocycles. The molecule has 0 fully saturated rings. The molecule has 7 heteroatoms. The average Bonchev–Trinajstić information content (AvgIpc) is 2.78. The maximum absolute atomic E-state index is 14.0. The first-order chi connectivity index (χ1) is 9.56. The summed E-state index contributed by atoms with van der Waals surface area (Å²) in [5.74, 6) is 0.333. The van der Waals surface area contributed by atoms with Crippen molar-refractivity contribution in [2.24, 2.45) is 13.0 Å². The molecule has 1 aromatic carbocycles. The third-order valence-corrected chi connectivity index (χ3v) is 3.74. The van der Waals surface area contributed by atoms with Gasteiger partial charge in [0.1, 0.15) is 5.82 Å². The highest BCUT2D eigenvalue weighted by atomic mass is 32.2. The quantitative estimate of drug-likeness (QED) is 0.886. The highest BCUT2D eigenvalue weighted by Gasteiger charge is 2.10. The van der Waals surface area contributed by atoms with Crippen LogP contribution in [-0.2, 0) is 13.6 Å². The molecule has 0 saturated heterocycles. The number of aryl methyl sites for hydroxylation is 1. The maximum Gasteiger partial charge on any atom is 0.213 e. The minimum atomic E-state index is -0.248. The summed E-state index contributed by atoms with van der Waals surface area (Å²) in [5.41, 5.74) is 0.934. The topological polar surface area (TPSA) is 55.6 Å². The third-order valence-electron chi connectivity index (χ3n) is 2.66. The minimum absolute atomic E-state index is 0.248. The molecule has 1 heterocycles. The van der Waals surface area contributed by atoms with E-state index in [1.54, 1.807) is 19.2 Å². The van der Waals surface area contributed by atoms with Gasteiger partial charge < -0.3 is 5.32 Å². The van der Waals surface area contributed by atoms with Crippen molar-refractivity contribution in [1.82, 2.24) is 25.5 Å². The molecule has 0 aliphatic carbocycles. The molecule has 108 valence electrons. The van der Waals surface area contributed by atoms with Crippen molar-refractivity contribution in [2.75, 3.05) is 6.54 Å². The van der Waals surface area contributed by atoms with E-state index in [4.69, 9.17) is 0 Å². The summed E-state index contributed by atoms with van der Waals surface area (Å²) in [4.78, 5) is 0.524. The monoisotopic (exact) mass is 295 g/mol. The second-order valence-electron chi connectivity index (χ2n) is 4.98. The Hall–Kier alpha value is -1.47. The highest BCUT2D eigenvalue weighted by Crippen LogP contribution is 2.27. The van der Waals surface area contributed by atoms with Gasteiger partial charge in [-0.2, -0.15) is 0 Å². The van der Waals surface area contributed by atoms with E-state index in [2.05, 4.69) is 34.7 Å². The molecule has 0 radical (unpaired) electrons. The number of benzene rings is 1. The molecule has 0 aliphatic heterocycles. The first-order valence-electron chi connectivity index (χ1n) is 6.45. The molecule has 20 heavy (non-hydrogen) atoms. The van der Waals surface area contributed by atoms with Crippen LogP contribution < -0.4 is 5.32 Å². The normalized spacial score (nSPS) is 11.2. The van der Waals surface area contributed by atoms with Crippen molar-refractivity contribution < 1.29 is 4.39 Å². The van der Waals surface area contributed by atoms with E-state index in [0.717, 1.165) is 12.1 Å². The lowest BCUT2D eigenvalue weighted by Crippen LogP contribution is -2.18. The molecule has 1 N–H and O–H groups in total. The largest absolute Gasteiger partial charge is 0.312 e. The van der Waals surface area contributed by atoms with E-state index >= 15 is 0 Å². The van der Waals surface area contributed by atoms with Crippen LogP contribution in [0.4, 0.5) is 4.39 Å². The summed E-state index contributed by atoms with van der Waals surface area (Å²) in [6.07, 6.45) is 0. The van der Waals surface area contributed by atoms with E-state index < -0.39 is 0 Å². The Balaban J connectivity index is 2.01. The average molecular weight is 295 g/mol. The van der Waals surface area contributed by atoms with Crippen LogP contribution in [0.2, 0.25) is 0 Å². The van der Waals surface area contributed by atoms with Gasteiger partial charge in [0.05, 0.1) is 4.90 Å². The van der Waals surface area contributed by atoms with Crippen molar-refractivity contribution in [2.45, 2.75) is 30.4 Å². The lowest BCUT2D eigenvalue weighted by molar-refractivity contribution is 0.548. The van der Waals surface area contributed by atoms with Gasteiger partial charge in [0, 0.05) is 13.6 Å². The van der Waals surface area contributed by atoms with Crippen LogP contribution in [0.1, 0.15) is 19.4 Å². The van der Waals surface area contributed by atoms with Gasteiger partial charge in [0.25, 0.3) is 0 Å². The minimum Gasteiger partial charge on any atom is -0.312 e. The Morgan fingerprint density at radius 2 is 2.20 bits per heavy atom. The molecular weight excluding hydrogens is 277 g/mol. The van der Waals surface area contributed by atoms with Crippen LogP contribution in [0.25, 0.3) is 0 Å². The van der Waals surface area contributed by atoms with E-state index in [9.17, 15) is 4.39 Å². The summed E-state index contributed by atoms with van der Waals surface area (Å²) in [6, 6.07) is 5.24. The third kappa shape index (κ3) is 4.01. The number of hydrogen-bond acceptors (Lipinski definition) is 5. The van der Waals surface area contributed by atoms with Gasteiger partial charge in [0.15, 0.2) is 0 Å². The summed E-state index contributed by atoms with van der Waals surface area (Å²) in [6.45, 7) is 5.87. The second-order valence-corrected chi connectivity index (χ2v) is 5.99. The number of nitrogens with one attached hydrogen (secondary N) is 1. The van der Waals surface area contributed by atoms with Crippen LogP contribution in [0.3, 0.4) is 0 Å². The first kappa shape index (κ1) is 14.9. The summed E-state index contributed by atoms with van der Waals surface area (Å²) in [7, 11) is 1.73. The zero-order valence-electron chi connectivity index (χ0n) is 11.8. The molecule has 5 nitrogen and oxygen atoms in total. The number of aromatic nitrogens is 4. The molecule has 0 aliphatic rings. The Labute approximate surface area is 122 Å². The standard InChI is InChI=1S/C13H18FN5S/c1-9(2)7-15-8-10-4-5-12(11(14)6-10)20-13-16-17-18-19(13)3/h4-6,9,15H,7-8H2,1-3H3. The van der Waals surface area contributed by atoms with Crippen molar-refractivity contribution in [1.29, 1.82) is 0 Å². The number of rotatable bonds is 6. The Morgan fingerprint density at radius 3 is 2.80 bits per heavy atom. The van der Waals surface area contributed by atoms with E-state index in [1.807, 2.05) is 6.07 Å². The smallest absolute Gasteiger partial charge is 0.213 e. The lowest BCUT2D eigenvalue weighted by atomic mass is 10.2. The maximum atomic E-state index is 14.0. The van der Waals surface area contributed by atoms with Gasteiger partial charge >= 0.3 is 0 Å². The molecule has 0 bridgehead atoms. The van der Waals surface area contributed by atoms with E-state index in [0.29, 0.717) is 22.5 Å². The SMILES string of the molecule is CC(C)CNCc1ccc(Sc2nnnn2C)c(F)c1. The van der Waals surface area contributed by atoms with Crippen molar-refractivity contribution >= 4 is 11.8 Å². The molecule has 0 amide bonds. The Morgan fingerprint density at radius 1 is 1.40 bits per heavy atom. The molecule has 0 unspecified atom stereocenters. The summed E-state index contributed by atoms with van der Waals surface area (Å²) < 4.78 is 15.5. The number of nitrogens with zero attached hydrogens (tertiary/aromatic N) is 4. The van der Waals surface area contributed by atoms with Crippen LogP contribution in [0.5, 0.6) is 0 Å². The van der Waals surface area contributed by atoms with Gasteiger partial charge in [-0.1, -0.05) is 19.9 Å². The van der Waals surface area contributed by atoms with Crippen molar-refractivity contribution in [3.05, 3.63) is 29.6 Å². The summed E-state index contributed by atoms with van der Waals surface area (Å²) >= 11 is 1.22. The predicted molar refractivity (Wildman–Crippen MR) is 75.9 cm³/mol. The molecule has 0 saturated carbocycles. The molecule has 0 atom stereocenters. The van der Waals surface area contributed by atoms with Gasteiger partial charge in [-0.3, -0.25) is 0 Å². The Kier molecular flexibility index (Phi) is 5.08. The van der Waals surface area contributed by atoms with Gasteiger partial charge in [-0.15, -0.1) is 5.10 Å². The van der Waals surface area contributed by atoms with Crippen LogP contribution >= 0.6 is 11.8 Å². The van der Waals surface area contributed by atoms with Crippen molar-refractivity contribution in [3.8, 4) is 0 Å². The fourth-order valence-corrected chi connectivity index (χ4v) is 2.38. The molecule has 2 rings (SSSR count). The summed E-state index contributed by atoms with van der Waals surface area (Å²) in [5, 5.41) is 14.9. The van der Waals surface area contributed by atoms with E-state index in [-0.39, 0.29) is 5.82 Å². The van der Waals surface area contributed by atoms with Crippen molar-refractivity contribution in [3.63, 3.8) is 0 Å². The van der Waals surface area contributed by atoms with E-state index in [1.165, 1.54) is 16.4 Å². The lowest BCUT2D eigenvalue weighted by Gasteiger charge is -2.08. The zero-order chi connectivity index (χ0) is 14.5. The number of tetrazole rings is 1. The number of hydrogen-bond donors (Lipinski definition) is 1. The molecule has 2 aromatic rings. The number of halogens is 1. The van der Waals surface area contributed by atoms with Gasteiger partial charge in [-0.05, 0) is 52.3 Å².